The first-order chi connectivity index (χ1) is 7.61. The topological polar surface area (TPSA) is 52.0 Å². The molecule has 1 aromatic heterocycles. The molecule has 0 radical (unpaired) electrons. The van der Waals surface area contributed by atoms with E-state index in [1.165, 1.54) is 6.07 Å². The van der Waals surface area contributed by atoms with Gasteiger partial charge in [0.15, 0.2) is 0 Å². The van der Waals surface area contributed by atoms with Crippen LogP contribution in [0.2, 0.25) is 0 Å². The minimum Gasteiger partial charge on any atom is -0.367 e. The molecule has 0 fully saturated rings. The molecule has 4 heteroatoms. The van der Waals surface area contributed by atoms with Crippen molar-refractivity contribution in [2.75, 3.05) is 5.73 Å². The lowest BCUT2D eigenvalue weighted by molar-refractivity contribution is 0.424. The Morgan fingerprint density at radius 1 is 1.31 bits per heavy atom. The van der Waals surface area contributed by atoms with Crippen molar-refractivity contribution in [1.29, 1.82) is 0 Å². The zero-order valence-electron chi connectivity index (χ0n) is 9.20. The predicted octanol–water partition coefficient (Wildman–Crippen LogP) is 3.19. The van der Waals surface area contributed by atoms with E-state index < -0.39 is 0 Å². The molecule has 0 bridgehead atoms. The maximum atomic E-state index is 13.7. The van der Waals surface area contributed by atoms with Gasteiger partial charge in [0.2, 0.25) is 5.88 Å². The Kier molecular flexibility index (Phi) is 2.64. The van der Waals surface area contributed by atoms with Crippen molar-refractivity contribution >= 4 is 5.88 Å². The van der Waals surface area contributed by atoms with Crippen molar-refractivity contribution in [3.05, 3.63) is 35.8 Å². The highest BCUT2D eigenvalue weighted by atomic mass is 19.1. The van der Waals surface area contributed by atoms with Gasteiger partial charge in [-0.25, -0.2) is 4.39 Å². The van der Waals surface area contributed by atoms with Crippen LogP contribution in [0.4, 0.5) is 10.3 Å². The molecule has 0 aliphatic heterocycles. The number of nitrogens with zero attached hydrogens (tertiary/aromatic N) is 1. The third kappa shape index (κ3) is 1.66. The van der Waals surface area contributed by atoms with Gasteiger partial charge < -0.3 is 10.3 Å². The molecule has 0 amide bonds. The van der Waals surface area contributed by atoms with Gasteiger partial charge in [-0.2, -0.15) is 0 Å². The summed E-state index contributed by atoms with van der Waals surface area (Å²) < 4.78 is 18.6. The molecule has 3 nitrogen and oxygen atoms in total. The maximum Gasteiger partial charge on any atom is 0.230 e. The molecular formula is C12H13FN2O. The van der Waals surface area contributed by atoms with E-state index in [0.717, 1.165) is 0 Å². The lowest BCUT2D eigenvalue weighted by Crippen LogP contribution is -1.94. The summed E-state index contributed by atoms with van der Waals surface area (Å²) in [6.45, 7) is 3.92. The highest BCUT2D eigenvalue weighted by Gasteiger charge is 2.20. The maximum absolute atomic E-state index is 13.7. The molecule has 0 saturated heterocycles. The van der Waals surface area contributed by atoms with Crippen molar-refractivity contribution in [3.63, 3.8) is 0 Å². The summed E-state index contributed by atoms with van der Waals surface area (Å²) >= 11 is 0. The van der Waals surface area contributed by atoms with Gasteiger partial charge in [-0.1, -0.05) is 37.2 Å². The van der Waals surface area contributed by atoms with Gasteiger partial charge in [0.1, 0.15) is 5.82 Å². The van der Waals surface area contributed by atoms with E-state index >= 15 is 0 Å². The van der Waals surface area contributed by atoms with E-state index in [4.69, 9.17) is 10.3 Å². The number of rotatable bonds is 2. The van der Waals surface area contributed by atoms with E-state index in [-0.39, 0.29) is 17.6 Å². The molecule has 0 spiro atoms. The minimum absolute atomic E-state index is 0.135. The summed E-state index contributed by atoms with van der Waals surface area (Å²) in [6, 6.07) is 6.46. The number of hydrogen-bond acceptors (Lipinski definition) is 3. The standard InChI is InChI=1S/C12H13FN2O/c1-7(2)11-10(12(14)16-15-11)8-5-3-4-6-9(8)13/h3-7H,14H2,1-2H3. The predicted molar refractivity (Wildman–Crippen MR) is 60.4 cm³/mol. The third-order valence-electron chi connectivity index (χ3n) is 2.43. The fourth-order valence-corrected chi connectivity index (χ4v) is 1.64. The summed E-state index contributed by atoms with van der Waals surface area (Å²) in [5, 5.41) is 3.87. The highest BCUT2D eigenvalue weighted by Crippen LogP contribution is 2.34. The van der Waals surface area contributed by atoms with Gasteiger partial charge >= 0.3 is 0 Å². The molecule has 0 aliphatic carbocycles. The molecule has 84 valence electrons. The van der Waals surface area contributed by atoms with Crippen molar-refractivity contribution in [2.45, 2.75) is 19.8 Å². The fraction of sp³-hybridized carbons (Fsp3) is 0.250. The van der Waals surface area contributed by atoms with Crippen molar-refractivity contribution in [1.82, 2.24) is 5.16 Å². The van der Waals surface area contributed by atoms with Crippen LogP contribution in [0.3, 0.4) is 0 Å². The van der Waals surface area contributed by atoms with Crippen LogP contribution in [0, 0.1) is 5.82 Å². The van der Waals surface area contributed by atoms with E-state index in [0.29, 0.717) is 16.8 Å². The smallest absolute Gasteiger partial charge is 0.230 e. The molecule has 0 saturated carbocycles. The summed E-state index contributed by atoms with van der Waals surface area (Å²) in [7, 11) is 0. The zero-order chi connectivity index (χ0) is 11.7. The first-order valence-corrected chi connectivity index (χ1v) is 5.11. The first-order valence-electron chi connectivity index (χ1n) is 5.11. The molecule has 1 heterocycles. The average molecular weight is 220 g/mol. The van der Waals surface area contributed by atoms with Crippen LogP contribution in [0.5, 0.6) is 0 Å². The second-order valence-electron chi connectivity index (χ2n) is 3.94. The van der Waals surface area contributed by atoms with Gasteiger partial charge in [0, 0.05) is 5.56 Å². The Morgan fingerprint density at radius 2 is 2.00 bits per heavy atom. The van der Waals surface area contributed by atoms with Crippen LogP contribution in [0.1, 0.15) is 25.5 Å². The van der Waals surface area contributed by atoms with E-state index in [1.54, 1.807) is 18.2 Å². The number of halogens is 1. The van der Waals surface area contributed by atoms with Gasteiger partial charge in [-0.3, -0.25) is 0 Å². The number of nitrogens with two attached hydrogens (primary N) is 1. The van der Waals surface area contributed by atoms with Crippen LogP contribution in [0.15, 0.2) is 28.8 Å². The number of anilines is 1. The first kappa shape index (κ1) is 10.7. The lowest BCUT2D eigenvalue weighted by Gasteiger charge is -2.05. The molecular weight excluding hydrogens is 207 g/mol. The SMILES string of the molecule is CC(C)c1noc(N)c1-c1ccccc1F. The third-order valence-corrected chi connectivity index (χ3v) is 2.43. The van der Waals surface area contributed by atoms with Crippen LogP contribution < -0.4 is 5.73 Å². The summed E-state index contributed by atoms with van der Waals surface area (Å²) in [4.78, 5) is 0. The Morgan fingerprint density at radius 3 is 2.62 bits per heavy atom. The molecule has 1 aromatic carbocycles. The Balaban J connectivity index is 2.64. The lowest BCUT2D eigenvalue weighted by atomic mass is 9.99. The van der Waals surface area contributed by atoms with E-state index in [2.05, 4.69) is 5.16 Å². The number of hydrogen-bond donors (Lipinski definition) is 1. The van der Waals surface area contributed by atoms with Crippen molar-refractivity contribution in [2.24, 2.45) is 0 Å². The second-order valence-corrected chi connectivity index (χ2v) is 3.94. The van der Waals surface area contributed by atoms with Crippen molar-refractivity contribution < 1.29 is 8.91 Å². The van der Waals surface area contributed by atoms with Crippen LogP contribution in [-0.2, 0) is 0 Å². The monoisotopic (exact) mass is 220 g/mol. The molecule has 0 atom stereocenters. The Bertz CT molecular complexity index is 505. The number of benzene rings is 1. The molecule has 16 heavy (non-hydrogen) atoms. The van der Waals surface area contributed by atoms with E-state index in [1.807, 2.05) is 13.8 Å². The highest BCUT2D eigenvalue weighted by molar-refractivity contribution is 5.75. The molecule has 2 aromatic rings. The van der Waals surface area contributed by atoms with Gasteiger partial charge in [0.05, 0.1) is 11.3 Å². The van der Waals surface area contributed by atoms with Crippen LogP contribution >= 0.6 is 0 Å². The zero-order valence-corrected chi connectivity index (χ0v) is 9.20. The van der Waals surface area contributed by atoms with Crippen LogP contribution in [-0.4, -0.2) is 5.16 Å². The molecule has 0 unspecified atom stereocenters. The summed E-state index contributed by atoms with van der Waals surface area (Å²) in [6.07, 6.45) is 0. The second kappa shape index (κ2) is 3.96. The average Bonchev–Trinajstić information content (AvgIpc) is 2.61. The molecule has 2 rings (SSSR count). The van der Waals surface area contributed by atoms with Gasteiger partial charge in [-0.05, 0) is 12.0 Å². The van der Waals surface area contributed by atoms with E-state index in [9.17, 15) is 4.39 Å². The normalized spacial score (nSPS) is 11.0. The fourth-order valence-electron chi connectivity index (χ4n) is 1.64. The quantitative estimate of drug-likeness (QED) is 0.845. The van der Waals surface area contributed by atoms with Crippen LogP contribution in [0.25, 0.3) is 11.1 Å². The molecule has 0 aliphatic rings. The Hall–Kier alpha value is -1.84. The Labute approximate surface area is 93.1 Å². The number of aromatic nitrogens is 1. The van der Waals surface area contributed by atoms with Crippen molar-refractivity contribution in [3.8, 4) is 11.1 Å². The minimum atomic E-state index is -0.320. The van der Waals surface area contributed by atoms with Gasteiger partial charge in [-0.15, -0.1) is 0 Å². The molecule has 2 N–H and O–H groups in total. The largest absolute Gasteiger partial charge is 0.367 e. The summed E-state index contributed by atoms with van der Waals surface area (Å²) in [5.41, 5.74) is 7.37. The summed E-state index contributed by atoms with van der Waals surface area (Å²) in [5.74, 6) is -0.0243. The van der Waals surface area contributed by atoms with Gasteiger partial charge in [0.25, 0.3) is 0 Å². The number of nitrogen functional groups attached to an aromatic ring is 1.